The van der Waals surface area contributed by atoms with E-state index in [2.05, 4.69) is 15.0 Å². The molecule has 0 spiro atoms. The van der Waals surface area contributed by atoms with Crippen LogP contribution >= 0.6 is 0 Å². The Morgan fingerprint density at radius 3 is 2.89 bits per heavy atom. The van der Waals surface area contributed by atoms with Crippen molar-refractivity contribution in [1.82, 2.24) is 10.3 Å². The standard InChI is InChI=1S/C12H12N2O4/c1-7(15)14-11(12(16)17-2)8-3-4-9-10(5-8)18-6-13-9/h3-6,11H,1-2H3,(H,14,15). The first-order valence-electron chi connectivity index (χ1n) is 5.30. The second kappa shape index (κ2) is 4.87. The van der Waals surface area contributed by atoms with Crippen LogP contribution in [-0.4, -0.2) is 24.0 Å². The van der Waals surface area contributed by atoms with E-state index in [1.165, 1.54) is 20.4 Å². The molecule has 2 aromatic rings. The summed E-state index contributed by atoms with van der Waals surface area (Å²) in [6.07, 6.45) is 1.32. The van der Waals surface area contributed by atoms with Gasteiger partial charge in [0.1, 0.15) is 5.52 Å². The van der Waals surface area contributed by atoms with Crippen molar-refractivity contribution in [2.24, 2.45) is 0 Å². The van der Waals surface area contributed by atoms with Gasteiger partial charge in [-0.1, -0.05) is 6.07 Å². The number of benzene rings is 1. The van der Waals surface area contributed by atoms with E-state index in [9.17, 15) is 9.59 Å². The summed E-state index contributed by atoms with van der Waals surface area (Å²) in [4.78, 5) is 26.7. The first-order chi connectivity index (χ1) is 8.61. The molecule has 0 saturated carbocycles. The molecule has 1 N–H and O–H groups in total. The fraction of sp³-hybridized carbons (Fsp3) is 0.250. The van der Waals surface area contributed by atoms with Crippen LogP contribution in [0.5, 0.6) is 0 Å². The highest BCUT2D eigenvalue weighted by Crippen LogP contribution is 2.20. The summed E-state index contributed by atoms with van der Waals surface area (Å²) in [6.45, 7) is 1.34. The lowest BCUT2D eigenvalue weighted by Crippen LogP contribution is -2.32. The third kappa shape index (κ3) is 2.32. The maximum Gasteiger partial charge on any atom is 0.333 e. The average molecular weight is 248 g/mol. The van der Waals surface area contributed by atoms with Crippen molar-refractivity contribution in [3.63, 3.8) is 0 Å². The molecule has 0 aliphatic rings. The van der Waals surface area contributed by atoms with E-state index in [4.69, 9.17) is 4.42 Å². The van der Waals surface area contributed by atoms with Gasteiger partial charge in [-0.3, -0.25) is 4.79 Å². The van der Waals surface area contributed by atoms with E-state index in [-0.39, 0.29) is 5.91 Å². The zero-order chi connectivity index (χ0) is 13.1. The van der Waals surface area contributed by atoms with Gasteiger partial charge < -0.3 is 14.5 Å². The van der Waals surface area contributed by atoms with Crippen molar-refractivity contribution in [2.75, 3.05) is 7.11 Å². The Balaban J connectivity index is 2.39. The lowest BCUT2D eigenvalue weighted by Gasteiger charge is -2.15. The van der Waals surface area contributed by atoms with Gasteiger partial charge in [0.05, 0.1) is 7.11 Å². The Morgan fingerprint density at radius 1 is 1.44 bits per heavy atom. The number of nitrogens with zero attached hydrogens (tertiary/aromatic N) is 1. The highest BCUT2D eigenvalue weighted by Gasteiger charge is 2.22. The minimum absolute atomic E-state index is 0.317. The number of rotatable bonds is 3. The molecule has 0 fully saturated rings. The first kappa shape index (κ1) is 12.1. The number of carbonyl (C=O) groups is 2. The lowest BCUT2D eigenvalue weighted by molar-refractivity contribution is -0.145. The van der Waals surface area contributed by atoms with Crippen LogP contribution in [0.3, 0.4) is 0 Å². The molecule has 2 rings (SSSR count). The summed E-state index contributed by atoms with van der Waals surface area (Å²) < 4.78 is 9.81. The summed E-state index contributed by atoms with van der Waals surface area (Å²) in [7, 11) is 1.27. The third-order valence-electron chi connectivity index (χ3n) is 2.47. The third-order valence-corrected chi connectivity index (χ3v) is 2.47. The molecule has 0 aliphatic heterocycles. The summed E-state index contributed by atoms with van der Waals surface area (Å²) in [5.41, 5.74) is 1.82. The molecule has 1 atom stereocenters. The fourth-order valence-electron chi connectivity index (χ4n) is 1.65. The van der Waals surface area contributed by atoms with Gasteiger partial charge >= 0.3 is 5.97 Å². The second-order valence-corrected chi connectivity index (χ2v) is 3.74. The van der Waals surface area contributed by atoms with Crippen LogP contribution in [0.25, 0.3) is 11.1 Å². The van der Waals surface area contributed by atoms with Crippen LogP contribution < -0.4 is 5.32 Å². The van der Waals surface area contributed by atoms with Gasteiger partial charge in [0, 0.05) is 6.92 Å². The number of amides is 1. The highest BCUT2D eigenvalue weighted by atomic mass is 16.5. The van der Waals surface area contributed by atoms with E-state index in [0.717, 1.165) is 0 Å². The maximum absolute atomic E-state index is 11.6. The van der Waals surface area contributed by atoms with Crippen molar-refractivity contribution in [2.45, 2.75) is 13.0 Å². The molecule has 18 heavy (non-hydrogen) atoms. The highest BCUT2D eigenvalue weighted by molar-refractivity contribution is 5.85. The van der Waals surface area contributed by atoms with Crippen LogP contribution in [0.15, 0.2) is 29.0 Å². The van der Waals surface area contributed by atoms with Crippen LogP contribution in [0.4, 0.5) is 0 Å². The topological polar surface area (TPSA) is 81.4 Å². The Bertz CT molecular complexity index is 591. The Labute approximate surface area is 103 Å². The van der Waals surface area contributed by atoms with E-state index in [0.29, 0.717) is 16.7 Å². The predicted octanol–water partition coefficient (Wildman–Crippen LogP) is 1.18. The summed E-state index contributed by atoms with van der Waals surface area (Å²) >= 11 is 0. The van der Waals surface area contributed by atoms with Crippen molar-refractivity contribution < 1.29 is 18.7 Å². The van der Waals surface area contributed by atoms with Crippen molar-refractivity contribution in [3.05, 3.63) is 30.2 Å². The minimum Gasteiger partial charge on any atom is -0.467 e. The van der Waals surface area contributed by atoms with Gasteiger partial charge in [0.15, 0.2) is 18.0 Å². The summed E-state index contributed by atoms with van der Waals surface area (Å²) in [6, 6.07) is 4.22. The first-order valence-corrected chi connectivity index (χ1v) is 5.30. The Kier molecular flexibility index (Phi) is 3.27. The summed E-state index contributed by atoms with van der Waals surface area (Å²) in [5, 5.41) is 2.53. The molecule has 1 aromatic carbocycles. The molecule has 1 heterocycles. The molecule has 0 aliphatic carbocycles. The number of fused-ring (bicyclic) bond motifs is 1. The molecule has 6 heteroatoms. The van der Waals surface area contributed by atoms with E-state index in [1.807, 2.05) is 0 Å². The average Bonchev–Trinajstić information content (AvgIpc) is 2.81. The van der Waals surface area contributed by atoms with Crippen LogP contribution in [0.2, 0.25) is 0 Å². The van der Waals surface area contributed by atoms with Gasteiger partial charge in [0.2, 0.25) is 5.91 Å². The molecule has 1 unspecified atom stereocenters. The zero-order valence-corrected chi connectivity index (χ0v) is 9.97. The van der Waals surface area contributed by atoms with Gasteiger partial charge in [-0.05, 0) is 17.7 Å². The number of ether oxygens (including phenoxy) is 1. The number of nitrogens with one attached hydrogen (secondary N) is 1. The number of methoxy groups -OCH3 is 1. The normalized spacial score (nSPS) is 12.1. The number of oxazole rings is 1. The SMILES string of the molecule is COC(=O)C(NC(C)=O)c1ccc2ncoc2c1. The number of hydrogen-bond donors (Lipinski definition) is 1. The molecule has 0 bridgehead atoms. The smallest absolute Gasteiger partial charge is 0.333 e. The predicted molar refractivity (Wildman–Crippen MR) is 62.6 cm³/mol. The number of carbonyl (C=O) groups excluding carboxylic acids is 2. The Morgan fingerprint density at radius 2 is 2.22 bits per heavy atom. The quantitative estimate of drug-likeness (QED) is 0.825. The van der Waals surface area contributed by atoms with Gasteiger partial charge in [0.25, 0.3) is 0 Å². The zero-order valence-electron chi connectivity index (χ0n) is 9.97. The second-order valence-electron chi connectivity index (χ2n) is 3.74. The van der Waals surface area contributed by atoms with Crippen LogP contribution in [0, 0.1) is 0 Å². The van der Waals surface area contributed by atoms with Crippen LogP contribution in [-0.2, 0) is 14.3 Å². The number of esters is 1. The van der Waals surface area contributed by atoms with E-state index >= 15 is 0 Å². The molecular formula is C12H12N2O4. The van der Waals surface area contributed by atoms with Crippen molar-refractivity contribution >= 4 is 23.0 Å². The van der Waals surface area contributed by atoms with Gasteiger partial charge in [-0.15, -0.1) is 0 Å². The Hall–Kier alpha value is -2.37. The summed E-state index contributed by atoms with van der Waals surface area (Å²) in [5.74, 6) is -0.855. The number of aromatic nitrogens is 1. The molecular weight excluding hydrogens is 236 g/mol. The van der Waals surface area contributed by atoms with Crippen molar-refractivity contribution in [1.29, 1.82) is 0 Å². The molecule has 1 amide bonds. The fourth-order valence-corrected chi connectivity index (χ4v) is 1.65. The van der Waals surface area contributed by atoms with Gasteiger partial charge in [-0.25, -0.2) is 9.78 Å². The van der Waals surface area contributed by atoms with E-state index < -0.39 is 12.0 Å². The molecule has 0 radical (unpaired) electrons. The van der Waals surface area contributed by atoms with Crippen molar-refractivity contribution in [3.8, 4) is 0 Å². The molecule has 1 aromatic heterocycles. The monoisotopic (exact) mass is 248 g/mol. The molecule has 0 saturated heterocycles. The molecule has 6 nitrogen and oxygen atoms in total. The van der Waals surface area contributed by atoms with Crippen LogP contribution in [0.1, 0.15) is 18.5 Å². The minimum atomic E-state index is -0.845. The lowest BCUT2D eigenvalue weighted by atomic mass is 10.1. The maximum atomic E-state index is 11.6. The molecule has 94 valence electrons. The number of hydrogen-bond acceptors (Lipinski definition) is 5. The largest absolute Gasteiger partial charge is 0.467 e. The van der Waals surface area contributed by atoms with Gasteiger partial charge in [-0.2, -0.15) is 0 Å². The van der Waals surface area contributed by atoms with E-state index in [1.54, 1.807) is 18.2 Å².